The highest BCUT2D eigenvalue weighted by molar-refractivity contribution is 7.89. The molecule has 0 bridgehead atoms. The fourth-order valence-electron chi connectivity index (χ4n) is 3.05. The van der Waals surface area contributed by atoms with Gasteiger partial charge in [-0.1, -0.05) is 32.3 Å². The molecular formula is C19H28FNO3S. The lowest BCUT2D eigenvalue weighted by Crippen LogP contribution is -2.36. The van der Waals surface area contributed by atoms with Crippen LogP contribution >= 0.6 is 0 Å². The molecule has 6 heteroatoms. The number of benzene rings is 1. The van der Waals surface area contributed by atoms with Gasteiger partial charge in [0.15, 0.2) is 11.6 Å². The van der Waals surface area contributed by atoms with Crippen LogP contribution in [0.4, 0.5) is 4.39 Å². The van der Waals surface area contributed by atoms with E-state index in [2.05, 4.69) is 11.6 Å². The highest BCUT2D eigenvalue weighted by Crippen LogP contribution is 2.47. The average Bonchev–Trinajstić information content (AvgIpc) is 3.47. The van der Waals surface area contributed by atoms with Crippen molar-refractivity contribution in [3.8, 4) is 5.75 Å². The van der Waals surface area contributed by atoms with E-state index >= 15 is 0 Å². The molecule has 3 rings (SSSR count). The highest BCUT2D eigenvalue weighted by Gasteiger charge is 2.47. The maximum absolute atomic E-state index is 14.0. The highest BCUT2D eigenvalue weighted by atomic mass is 32.2. The summed E-state index contributed by atoms with van der Waals surface area (Å²) in [6.45, 7) is 2.64. The largest absolute Gasteiger partial charge is 0.490 e. The number of rotatable bonds is 11. The van der Waals surface area contributed by atoms with E-state index in [1.807, 2.05) is 0 Å². The van der Waals surface area contributed by atoms with Crippen LogP contribution in [-0.4, -0.2) is 20.8 Å². The van der Waals surface area contributed by atoms with Gasteiger partial charge in [-0.15, -0.1) is 0 Å². The number of sulfonamides is 1. The van der Waals surface area contributed by atoms with E-state index in [0.29, 0.717) is 18.9 Å². The number of hydrogen-bond acceptors (Lipinski definition) is 3. The molecule has 1 aromatic rings. The summed E-state index contributed by atoms with van der Waals surface area (Å²) in [4.78, 5) is 0. The summed E-state index contributed by atoms with van der Waals surface area (Å²) in [5.41, 5.74) is 0.228. The lowest BCUT2D eigenvalue weighted by atomic mass is 10.1. The normalized spacial score (nSPS) is 19.0. The van der Waals surface area contributed by atoms with E-state index in [4.69, 9.17) is 4.74 Å². The molecule has 0 aliphatic heterocycles. The predicted octanol–water partition coefficient (Wildman–Crippen LogP) is 4.10. The van der Waals surface area contributed by atoms with E-state index in [0.717, 1.165) is 50.5 Å². The number of unbranched alkanes of at least 4 members (excludes halogenated alkanes) is 3. The molecule has 2 aliphatic rings. The molecule has 0 aromatic heterocycles. The minimum atomic E-state index is -3.33. The summed E-state index contributed by atoms with van der Waals surface area (Å²) < 4.78 is 47.2. The number of halogens is 1. The standard InChI is InChI=1S/C19H28FNO3S/c1-2-3-4-5-12-25(22,23)21-19(10-11-19)16-8-9-17(20)18(13-16)24-14-15-6-7-15/h8-9,13,15,21H,2-7,10-12,14H2,1H3. The van der Waals surface area contributed by atoms with Crippen molar-refractivity contribution >= 4 is 10.0 Å². The molecule has 0 amide bonds. The summed E-state index contributed by atoms with van der Waals surface area (Å²) >= 11 is 0. The zero-order valence-electron chi connectivity index (χ0n) is 14.9. The van der Waals surface area contributed by atoms with Crippen LogP contribution in [0.1, 0.15) is 63.9 Å². The summed E-state index contributed by atoms with van der Waals surface area (Å²) in [7, 11) is -3.33. The van der Waals surface area contributed by atoms with Crippen molar-refractivity contribution in [2.24, 2.45) is 5.92 Å². The van der Waals surface area contributed by atoms with E-state index in [1.54, 1.807) is 12.1 Å². The Morgan fingerprint density at radius 1 is 1.24 bits per heavy atom. The Morgan fingerprint density at radius 3 is 2.64 bits per heavy atom. The van der Waals surface area contributed by atoms with E-state index in [1.165, 1.54) is 6.07 Å². The Kier molecular flexibility index (Phi) is 5.68. The van der Waals surface area contributed by atoms with Crippen molar-refractivity contribution in [1.82, 2.24) is 4.72 Å². The van der Waals surface area contributed by atoms with Crippen LogP contribution in [0.3, 0.4) is 0 Å². The quantitative estimate of drug-likeness (QED) is 0.598. The fourth-order valence-corrected chi connectivity index (χ4v) is 4.65. The minimum Gasteiger partial charge on any atom is -0.490 e. The summed E-state index contributed by atoms with van der Waals surface area (Å²) in [5, 5.41) is 0. The summed E-state index contributed by atoms with van der Waals surface area (Å²) in [6.07, 6.45) is 7.52. The lowest BCUT2D eigenvalue weighted by Gasteiger charge is -2.19. The van der Waals surface area contributed by atoms with Crippen LogP contribution in [0, 0.1) is 11.7 Å². The van der Waals surface area contributed by atoms with Gasteiger partial charge in [0.25, 0.3) is 0 Å². The maximum Gasteiger partial charge on any atom is 0.212 e. The van der Waals surface area contributed by atoms with Crippen LogP contribution in [-0.2, 0) is 15.6 Å². The second-order valence-electron chi connectivity index (χ2n) is 7.46. The number of ether oxygens (including phenoxy) is 1. The van der Waals surface area contributed by atoms with Gasteiger partial charge in [-0.05, 0) is 55.7 Å². The first-order valence-corrected chi connectivity index (χ1v) is 11.0. The molecule has 0 saturated heterocycles. The Balaban J connectivity index is 1.64. The second-order valence-corrected chi connectivity index (χ2v) is 9.31. The smallest absolute Gasteiger partial charge is 0.212 e. The molecule has 0 unspecified atom stereocenters. The molecule has 0 heterocycles. The van der Waals surface area contributed by atoms with Crippen molar-refractivity contribution in [1.29, 1.82) is 0 Å². The molecule has 140 valence electrons. The molecule has 25 heavy (non-hydrogen) atoms. The van der Waals surface area contributed by atoms with E-state index in [-0.39, 0.29) is 17.3 Å². The molecule has 0 atom stereocenters. The van der Waals surface area contributed by atoms with Crippen LogP contribution in [0.25, 0.3) is 0 Å². The van der Waals surface area contributed by atoms with Gasteiger partial charge in [-0.2, -0.15) is 0 Å². The average molecular weight is 370 g/mol. The van der Waals surface area contributed by atoms with Crippen molar-refractivity contribution in [2.45, 2.75) is 63.8 Å². The van der Waals surface area contributed by atoms with E-state index in [9.17, 15) is 12.8 Å². The fraction of sp³-hybridized carbons (Fsp3) is 0.684. The SMILES string of the molecule is CCCCCCS(=O)(=O)NC1(c2ccc(F)c(OCC3CC3)c2)CC1. The van der Waals surface area contributed by atoms with Crippen molar-refractivity contribution in [2.75, 3.05) is 12.4 Å². The second kappa shape index (κ2) is 7.62. The monoisotopic (exact) mass is 369 g/mol. The molecule has 2 fully saturated rings. The summed E-state index contributed by atoms with van der Waals surface area (Å²) in [6, 6.07) is 4.73. The van der Waals surface area contributed by atoms with Gasteiger partial charge in [-0.25, -0.2) is 17.5 Å². The molecule has 4 nitrogen and oxygen atoms in total. The predicted molar refractivity (Wildman–Crippen MR) is 96.6 cm³/mol. The van der Waals surface area contributed by atoms with Crippen LogP contribution in [0.15, 0.2) is 18.2 Å². The Bertz CT molecular complexity index is 697. The van der Waals surface area contributed by atoms with Gasteiger partial charge in [0.1, 0.15) is 0 Å². The first kappa shape index (κ1) is 18.6. The van der Waals surface area contributed by atoms with Gasteiger partial charge in [0, 0.05) is 0 Å². The van der Waals surface area contributed by atoms with Gasteiger partial charge in [0.05, 0.1) is 17.9 Å². The third-order valence-corrected chi connectivity index (χ3v) is 6.55. The third kappa shape index (κ3) is 5.17. The maximum atomic E-state index is 14.0. The third-order valence-electron chi connectivity index (χ3n) is 5.02. The van der Waals surface area contributed by atoms with Crippen LogP contribution in [0.5, 0.6) is 5.75 Å². The zero-order valence-corrected chi connectivity index (χ0v) is 15.7. The van der Waals surface area contributed by atoms with E-state index < -0.39 is 15.6 Å². The zero-order chi connectivity index (χ0) is 17.9. The molecule has 2 aliphatic carbocycles. The number of nitrogens with one attached hydrogen (secondary N) is 1. The minimum absolute atomic E-state index is 0.154. The van der Waals surface area contributed by atoms with Crippen LogP contribution in [0.2, 0.25) is 0 Å². The molecule has 1 N–H and O–H groups in total. The molecular weight excluding hydrogens is 341 g/mol. The van der Waals surface area contributed by atoms with Gasteiger partial charge in [-0.3, -0.25) is 0 Å². The number of hydrogen-bond donors (Lipinski definition) is 1. The van der Waals surface area contributed by atoms with Gasteiger partial charge >= 0.3 is 0 Å². The molecule has 0 radical (unpaired) electrons. The Hall–Kier alpha value is -1.14. The topological polar surface area (TPSA) is 55.4 Å². The van der Waals surface area contributed by atoms with Crippen molar-refractivity contribution in [3.05, 3.63) is 29.6 Å². The lowest BCUT2D eigenvalue weighted by molar-refractivity contribution is 0.284. The van der Waals surface area contributed by atoms with Gasteiger partial charge in [0.2, 0.25) is 10.0 Å². The van der Waals surface area contributed by atoms with Crippen molar-refractivity contribution < 1.29 is 17.5 Å². The Labute approximate surface area is 150 Å². The molecule has 1 aromatic carbocycles. The first-order chi connectivity index (χ1) is 11.9. The molecule has 0 spiro atoms. The Morgan fingerprint density at radius 2 is 2.00 bits per heavy atom. The molecule has 2 saturated carbocycles. The van der Waals surface area contributed by atoms with Crippen LogP contribution < -0.4 is 9.46 Å². The summed E-state index contributed by atoms with van der Waals surface area (Å²) in [5.74, 6) is 0.543. The first-order valence-electron chi connectivity index (χ1n) is 9.38. The van der Waals surface area contributed by atoms with Gasteiger partial charge < -0.3 is 4.74 Å². The van der Waals surface area contributed by atoms with Crippen molar-refractivity contribution in [3.63, 3.8) is 0 Å².